The van der Waals surface area contributed by atoms with Crippen molar-refractivity contribution in [3.05, 3.63) is 29.8 Å². The smallest absolute Gasteiger partial charge is 0.231 e. The molecule has 1 saturated carbocycles. The molecule has 0 radical (unpaired) electrons. The van der Waals surface area contributed by atoms with Crippen LogP contribution in [-0.4, -0.2) is 29.1 Å². The number of nitrogens with two attached hydrogens (primary N) is 1. The lowest BCUT2D eigenvalue weighted by molar-refractivity contribution is -0.124. The molecule has 1 heterocycles. The molecule has 6 heteroatoms. The predicted octanol–water partition coefficient (Wildman–Crippen LogP) is 1.34. The van der Waals surface area contributed by atoms with Gasteiger partial charge in [-0.2, -0.15) is 0 Å². The van der Waals surface area contributed by atoms with Crippen molar-refractivity contribution in [2.24, 2.45) is 10.9 Å². The van der Waals surface area contributed by atoms with Crippen LogP contribution in [0.25, 0.3) is 0 Å². The second-order valence-corrected chi connectivity index (χ2v) is 5.67. The Morgan fingerprint density at radius 2 is 2.10 bits per heavy atom. The van der Waals surface area contributed by atoms with Crippen molar-refractivity contribution in [3.63, 3.8) is 0 Å². The fourth-order valence-electron chi connectivity index (χ4n) is 3.22. The maximum absolute atomic E-state index is 12.6. The Morgan fingerprint density at radius 1 is 1.38 bits per heavy atom. The van der Waals surface area contributed by atoms with Crippen molar-refractivity contribution in [1.29, 1.82) is 0 Å². The maximum atomic E-state index is 12.6. The minimum absolute atomic E-state index is 0.0838. The molecule has 21 heavy (non-hydrogen) atoms. The standard InChI is InChI=1S/C15H19N3O3/c16-14(18-20)15(7-3-4-8-15)17-13(19)11-9-21-12-6-2-1-5-10(11)12/h1-2,5-6,11,20H,3-4,7-9H2,(H2,16,18)(H,17,19). The first kappa shape index (κ1) is 13.7. The summed E-state index contributed by atoms with van der Waals surface area (Å²) in [5, 5.41) is 15.1. The zero-order valence-electron chi connectivity index (χ0n) is 11.7. The van der Waals surface area contributed by atoms with Crippen molar-refractivity contribution in [2.75, 3.05) is 6.61 Å². The third-order valence-corrected chi connectivity index (χ3v) is 4.43. The molecule has 0 saturated heterocycles. The van der Waals surface area contributed by atoms with E-state index in [0.717, 1.165) is 24.2 Å². The molecule has 0 aromatic heterocycles. The Kier molecular flexibility index (Phi) is 3.45. The lowest BCUT2D eigenvalue weighted by atomic mass is 9.93. The molecule has 1 aromatic rings. The molecule has 0 spiro atoms. The summed E-state index contributed by atoms with van der Waals surface area (Å²) in [7, 11) is 0. The number of nitrogens with zero attached hydrogens (tertiary/aromatic N) is 1. The van der Waals surface area contributed by atoms with Gasteiger partial charge < -0.3 is 21.0 Å². The Morgan fingerprint density at radius 3 is 2.81 bits per heavy atom. The summed E-state index contributed by atoms with van der Waals surface area (Å²) < 4.78 is 5.54. The first-order valence-electron chi connectivity index (χ1n) is 7.18. The molecule has 1 aliphatic heterocycles. The lowest BCUT2D eigenvalue weighted by Gasteiger charge is -2.29. The minimum Gasteiger partial charge on any atom is -0.492 e. The van der Waals surface area contributed by atoms with Crippen LogP contribution in [0, 0.1) is 0 Å². The SMILES string of the molecule is NC(=NO)C1(NC(=O)C2COc3ccccc32)CCCC1. The fraction of sp³-hybridized carbons (Fsp3) is 0.467. The van der Waals surface area contributed by atoms with Gasteiger partial charge in [0.15, 0.2) is 5.84 Å². The first-order chi connectivity index (χ1) is 10.2. The third kappa shape index (κ3) is 2.30. The number of hydrogen-bond donors (Lipinski definition) is 3. The number of rotatable bonds is 3. The molecular formula is C15H19N3O3. The van der Waals surface area contributed by atoms with E-state index >= 15 is 0 Å². The van der Waals surface area contributed by atoms with Crippen LogP contribution in [0.5, 0.6) is 5.75 Å². The molecule has 1 atom stereocenters. The molecule has 2 aliphatic rings. The largest absolute Gasteiger partial charge is 0.492 e. The van der Waals surface area contributed by atoms with Gasteiger partial charge in [0.1, 0.15) is 23.8 Å². The number of benzene rings is 1. The summed E-state index contributed by atoms with van der Waals surface area (Å²) in [6, 6.07) is 7.53. The van der Waals surface area contributed by atoms with Crippen LogP contribution in [-0.2, 0) is 4.79 Å². The number of oxime groups is 1. The Balaban J connectivity index is 1.81. The van der Waals surface area contributed by atoms with Crippen LogP contribution in [0.2, 0.25) is 0 Å². The number of para-hydroxylation sites is 1. The van der Waals surface area contributed by atoms with E-state index in [4.69, 9.17) is 15.7 Å². The summed E-state index contributed by atoms with van der Waals surface area (Å²) in [4.78, 5) is 12.6. The Hall–Kier alpha value is -2.24. The van der Waals surface area contributed by atoms with Gasteiger partial charge in [-0.05, 0) is 18.9 Å². The number of carbonyl (C=O) groups is 1. The van der Waals surface area contributed by atoms with Crippen molar-refractivity contribution in [1.82, 2.24) is 5.32 Å². The topological polar surface area (TPSA) is 96.9 Å². The highest BCUT2D eigenvalue weighted by molar-refractivity contribution is 5.96. The third-order valence-electron chi connectivity index (χ3n) is 4.43. The van der Waals surface area contributed by atoms with Gasteiger partial charge in [0.2, 0.25) is 5.91 Å². The van der Waals surface area contributed by atoms with Gasteiger partial charge in [0, 0.05) is 5.56 Å². The van der Waals surface area contributed by atoms with Gasteiger partial charge in [-0.3, -0.25) is 4.79 Å². The quantitative estimate of drug-likeness (QED) is 0.338. The molecule has 1 aliphatic carbocycles. The zero-order chi connectivity index (χ0) is 14.9. The average Bonchev–Trinajstić information content (AvgIpc) is 3.13. The van der Waals surface area contributed by atoms with E-state index in [0.29, 0.717) is 19.4 Å². The number of nitrogens with one attached hydrogen (secondary N) is 1. The minimum atomic E-state index is -0.719. The van der Waals surface area contributed by atoms with Crippen molar-refractivity contribution >= 4 is 11.7 Å². The number of amidine groups is 1. The Bertz CT molecular complexity index is 579. The van der Waals surface area contributed by atoms with Crippen molar-refractivity contribution in [2.45, 2.75) is 37.1 Å². The van der Waals surface area contributed by atoms with Gasteiger partial charge >= 0.3 is 0 Å². The van der Waals surface area contributed by atoms with Gasteiger partial charge in [-0.15, -0.1) is 0 Å². The number of hydrogen-bond acceptors (Lipinski definition) is 4. The average molecular weight is 289 g/mol. The van der Waals surface area contributed by atoms with Crippen LogP contribution < -0.4 is 15.8 Å². The molecule has 0 bridgehead atoms. The lowest BCUT2D eigenvalue weighted by Crippen LogP contribution is -2.56. The van der Waals surface area contributed by atoms with Crippen molar-refractivity contribution < 1.29 is 14.7 Å². The van der Waals surface area contributed by atoms with Gasteiger partial charge in [0.05, 0.1) is 0 Å². The van der Waals surface area contributed by atoms with Gasteiger partial charge in [0.25, 0.3) is 0 Å². The van der Waals surface area contributed by atoms with Crippen molar-refractivity contribution in [3.8, 4) is 5.75 Å². The maximum Gasteiger partial charge on any atom is 0.231 e. The van der Waals surface area contributed by atoms with Crippen LogP contribution in [0.3, 0.4) is 0 Å². The molecule has 1 fully saturated rings. The van der Waals surface area contributed by atoms with Gasteiger partial charge in [-0.25, -0.2) is 0 Å². The van der Waals surface area contributed by atoms with Gasteiger partial charge in [-0.1, -0.05) is 36.2 Å². The van der Waals surface area contributed by atoms with E-state index in [-0.39, 0.29) is 17.7 Å². The number of ether oxygens (including phenoxy) is 1. The summed E-state index contributed by atoms with van der Waals surface area (Å²) in [6.45, 7) is 0.331. The van der Waals surface area contributed by atoms with Crippen LogP contribution in [0.1, 0.15) is 37.2 Å². The molecule has 1 amide bonds. The van der Waals surface area contributed by atoms with E-state index < -0.39 is 5.54 Å². The molecule has 112 valence electrons. The zero-order valence-corrected chi connectivity index (χ0v) is 11.7. The van der Waals surface area contributed by atoms with E-state index in [1.807, 2.05) is 24.3 Å². The summed E-state index contributed by atoms with van der Waals surface area (Å²) in [5.41, 5.74) is 5.98. The van der Waals surface area contributed by atoms with Crippen LogP contribution in [0.15, 0.2) is 29.4 Å². The molecule has 1 aromatic carbocycles. The normalized spacial score (nSPS) is 23.4. The van der Waals surface area contributed by atoms with Crippen LogP contribution >= 0.6 is 0 Å². The van der Waals surface area contributed by atoms with E-state index in [1.54, 1.807) is 0 Å². The summed E-state index contributed by atoms with van der Waals surface area (Å²) >= 11 is 0. The first-order valence-corrected chi connectivity index (χ1v) is 7.18. The molecule has 6 nitrogen and oxygen atoms in total. The summed E-state index contributed by atoms with van der Waals surface area (Å²) in [5.74, 6) is 0.362. The molecule has 3 rings (SSSR count). The second kappa shape index (κ2) is 5.27. The highest BCUT2D eigenvalue weighted by atomic mass is 16.5. The summed E-state index contributed by atoms with van der Waals surface area (Å²) in [6.07, 6.45) is 3.30. The molecule has 1 unspecified atom stereocenters. The Labute approximate surface area is 123 Å². The number of carbonyl (C=O) groups excluding carboxylic acids is 1. The highest BCUT2D eigenvalue weighted by Gasteiger charge is 2.42. The van der Waals surface area contributed by atoms with Crippen LogP contribution in [0.4, 0.5) is 0 Å². The second-order valence-electron chi connectivity index (χ2n) is 5.67. The monoisotopic (exact) mass is 289 g/mol. The molecule has 4 N–H and O–H groups in total. The number of fused-ring (bicyclic) bond motifs is 1. The highest BCUT2D eigenvalue weighted by Crippen LogP contribution is 2.35. The van der Waals surface area contributed by atoms with E-state index in [1.165, 1.54) is 0 Å². The number of amides is 1. The molecular weight excluding hydrogens is 270 g/mol. The predicted molar refractivity (Wildman–Crippen MR) is 77.4 cm³/mol. The van der Waals surface area contributed by atoms with E-state index in [9.17, 15) is 4.79 Å². The van der Waals surface area contributed by atoms with E-state index in [2.05, 4.69) is 10.5 Å². The fourth-order valence-corrected chi connectivity index (χ4v) is 3.22.